The molecule has 0 bridgehead atoms. The van der Waals surface area contributed by atoms with Crippen LogP contribution >= 0.6 is 0 Å². The van der Waals surface area contributed by atoms with E-state index in [2.05, 4.69) is 19.1 Å². The minimum absolute atomic E-state index is 0. The van der Waals surface area contributed by atoms with Gasteiger partial charge < -0.3 is 14.6 Å². The minimum Gasteiger partial charge on any atom is -0.481 e. The molecule has 34 heavy (non-hydrogen) atoms. The molecular weight excluding hydrogens is 443 g/mol. The van der Waals surface area contributed by atoms with Gasteiger partial charge >= 0.3 is 5.97 Å². The molecule has 0 heterocycles. The van der Waals surface area contributed by atoms with E-state index < -0.39 is 23.5 Å². The van der Waals surface area contributed by atoms with Gasteiger partial charge in [0.15, 0.2) is 29.1 Å². The minimum atomic E-state index is -1.42. The van der Waals surface area contributed by atoms with Gasteiger partial charge in [-0.3, -0.25) is 9.59 Å². The summed E-state index contributed by atoms with van der Waals surface area (Å²) in [5.74, 6) is -4.36. The fourth-order valence-corrected chi connectivity index (χ4v) is 4.34. The van der Waals surface area contributed by atoms with Crippen LogP contribution in [0.1, 0.15) is 131 Å². The van der Waals surface area contributed by atoms with Gasteiger partial charge in [0.05, 0.1) is 12.2 Å². The first-order chi connectivity index (χ1) is 15.7. The van der Waals surface area contributed by atoms with Crippen molar-refractivity contribution in [2.24, 2.45) is 5.92 Å². The second-order valence-electron chi connectivity index (χ2n) is 9.86. The highest BCUT2D eigenvalue weighted by atomic mass is 27.0. The number of carboxylic acids is 1. The van der Waals surface area contributed by atoms with Crippen molar-refractivity contribution >= 4 is 29.1 Å². The first-order valence-electron chi connectivity index (χ1n) is 13.4. The quantitative estimate of drug-likeness (QED) is 0.0593. The summed E-state index contributed by atoms with van der Waals surface area (Å²) in [6.45, 7) is 10.9. The second kappa shape index (κ2) is 21.6. The Balaban J connectivity index is 0. The van der Waals surface area contributed by atoms with Crippen LogP contribution < -0.4 is 0 Å². The number of hydrogen-bond acceptors (Lipinski definition) is 4. The Morgan fingerprint density at radius 2 is 1.18 bits per heavy atom. The third-order valence-electron chi connectivity index (χ3n) is 5.75. The third-order valence-corrected chi connectivity index (χ3v) is 5.75. The summed E-state index contributed by atoms with van der Waals surface area (Å²) in [5.41, 5.74) is 0. The number of rotatable bonds is 22. The van der Waals surface area contributed by atoms with Crippen LogP contribution in [0, 0.1) is 5.92 Å². The van der Waals surface area contributed by atoms with Gasteiger partial charge in [-0.2, -0.15) is 0 Å². The highest BCUT2D eigenvalue weighted by Crippen LogP contribution is 2.34. The summed E-state index contributed by atoms with van der Waals surface area (Å²) in [5, 5.41) is 9.74. The van der Waals surface area contributed by atoms with Gasteiger partial charge in [-0.25, -0.2) is 0 Å². The maximum absolute atomic E-state index is 12.2. The number of ether oxygens (including phenoxy) is 2. The lowest BCUT2D eigenvalue weighted by atomic mass is 9.89. The van der Waals surface area contributed by atoms with Gasteiger partial charge in [0.1, 0.15) is 5.78 Å². The number of Topliss-reactive ketones (excluding diaryl/α,β-unsaturated/α-hetero) is 1. The molecule has 200 valence electrons. The smallest absolute Gasteiger partial charge is 0.319 e. The van der Waals surface area contributed by atoms with Crippen molar-refractivity contribution in [3.63, 3.8) is 0 Å². The number of carbonyl (C=O) groups is 2. The SMILES string of the molecule is CCCCCCCCC=CCCCCCCCC(OC(C)C)(OC(C)C)C(C(C)=O)C(=O)O.[AlH3]. The molecule has 0 aliphatic heterocycles. The van der Waals surface area contributed by atoms with Crippen LogP contribution in [0.3, 0.4) is 0 Å². The Morgan fingerprint density at radius 3 is 1.56 bits per heavy atom. The van der Waals surface area contributed by atoms with Crippen molar-refractivity contribution in [3.05, 3.63) is 12.2 Å². The molecule has 1 N–H and O–H groups in total. The normalized spacial score (nSPS) is 12.9. The van der Waals surface area contributed by atoms with E-state index in [0.717, 1.165) is 32.1 Å². The lowest BCUT2D eigenvalue weighted by Gasteiger charge is -2.40. The number of ketones is 1. The molecule has 0 radical (unpaired) electrons. The van der Waals surface area contributed by atoms with Crippen molar-refractivity contribution in [2.75, 3.05) is 0 Å². The van der Waals surface area contributed by atoms with Crippen molar-refractivity contribution in [3.8, 4) is 0 Å². The fourth-order valence-electron chi connectivity index (χ4n) is 4.34. The van der Waals surface area contributed by atoms with Crippen LogP contribution in [0.5, 0.6) is 0 Å². The molecular formula is C28H55AlO5. The number of aliphatic carboxylic acids is 1. The summed E-state index contributed by atoms with van der Waals surface area (Å²) in [7, 11) is 0. The molecule has 0 spiro atoms. The predicted molar refractivity (Wildman–Crippen MR) is 146 cm³/mol. The molecule has 5 nitrogen and oxygen atoms in total. The molecule has 1 unspecified atom stereocenters. The van der Waals surface area contributed by atoms with E-state index in [-0.39, 0.29) is 29.6 Å². The second-order valence-corrected chi connectivity index (χ2v) is 9.86. The molecule has 0 saturated carbocycles. The Kier molecular flexibility index (Phi) is 22.6. The predicted octanol–water partition coefficient (Wildman–Crippen LogP) is 6.68. The number of allylic oxidation sites excluding steroid dienone is 2. The lowest BCUT2D eigenvalue weighted by Crippen LogP contribution is -2.52. The molecule has 1 atom stereocenters. The van der Waals surface area contributed by atoms with Crippen molar-refractivity contribution in [1.82, 2.24) is 0 Å². The first kappa shape index (κ1) is 35.5. The van der Waals surface area contributed by atoms with Crippen LogP contribution in [0.25, 0.3) is 0 Å². The largest absolute Gasteiger partial charge is 0.481 e. The monoisotopic (exact) mass is 498 g/mol. The Labute approximate surface area is 220 Å². The Bertz CT molecular complexity index is 521. The Hall–Kier alpha value is -0.668. The van der Waals surface area contributed by atoms with E-state index in [4.69, 9.17) is 9.47 Å². The molecule has 0 amide bonds. The fraction of sp³-hybridized carbons (Fsp3) is 0.857. The number of carboxylic acid groups (broad SMARTS) is 1. The van der Waals surface area contributed by atoms with Crippen LogP contribution in [0.15, 0.2) is 12.2 Å². The topological polar surface area (TPSA) is 72.8 Å². The van der Waals surface area contributed by atoms with Gasteiger partial charge in [-0.15, -0.1) is 0 Å². The molecule has 0 fully saturated rings. The third kappa shape index (κ3) is 16.9. The van der Waals surface area contributed by atoms with Crippen molar-refractivity contribution < 1.29 is 24.2 Å². The number of hydrogen-bond donors (Lipinski definition) is 1. The molecule has 0 saturated heterocycles. The van der Waals surface area contributed by atoms with Crippen LogP contribution in [-0.2, 0) is 19.1 Å². The molecule has 0 aromatic carbocycles. The van der Waals surface area contributed by atoms with Crippen molar-refractivity contribution in [2.45, 2.75) is 149 Å². The van der Waals surface area contributed by atoms with E-state index >= 15 is 0 Å². The molecule has 0 aromatic heterocycles. The zero-order valence-electron chi connectivity index (χ0n) is 22.4. The maximum atomic E-state index is 12.2. The van der Waals surface area contributed by atoms with Crippen LogP contribution in [0.2, 0.25) is 0 Å². The summed E-state index contributed by atoms with van der Waals surface area (Å²) in [4.78, 5) is 24.1. The van der Waals surface area contributed by atoms with Gasteiger partial charge in [-0.1, -0.05) is 70.4 Å². The average Bonchev–Trinajstić information content (AvgIpc) is 2.69. The summed E-state index contributed by atoms with van der Waals surface area (Å²) < 4.78 is 12.0. The van der Waals surface area contributed by atoms with E-state index in [1.54, 1.807) is 0 Å². The van der Waals surface area contributed by atoms with Crippen LogP contribution in [0.4, 0.5) is 0 Å². The van der Waals surface area contributed by atoms with E-state index in [0.29, 0.717) is 6.42 Å². The number of carbonyl (C=O) groups excluding carboxylic acids is 1. The van der Waals surface area contributed by atoms with Crippen molar-refractivity contribution in [1.29, 1.82) is 0 Å². The van der Waals surface area contributed by atoms with Gasteiger partial charge in [0, 0.05) is 6.42 Å². The lowest BCUT2D eigenvalue weighted by molar-refractivity contribution is -0.291. The zero-order valence-corrected chi connectivity index (χ0v) is 22.4. The van der Waals surface area contributed by atoms with Crippen LogP contribution in [-0.4, -0.2) is 52.2 Å². The summed E-state index contributed by atoms with van der Waals surface area (Å²) in [6.07, 6.45) is 20.1. The molecule has 0 rings (SSSR count). The molecule has 0 aromatic rings. The standard InChI is InChI=1S/C28H52O5.Al.3H/c1-7-8-9-10-11-12-13-14-15-16-17-18-19-20-21-22-28(32-23(2)3,33-24(4)5)26(25(6)29)27(30)31;;;;/h14-15,23-24,26H,7-13,16-22H2,1-6H3,(H,30,31);;;;. The van der Waals surface area contributed by atoms with E-state index in [1.165, 1.54) is 58.3 Å². The molecule has 0 aliphatic carbocycles. The van der Waals surface area contributed by atoms with Gasteiger partial charge in [-0.05, 0) is 66.7 Å². The molecule has 6 heteroatoms. The zero-order chi connectivity index (χ0) is 25.1. The van der Waals surface area contributed by atoms with E-state index in [9.17, 15) is 14.7 Å². The highest BCUT2D eigenvalue weighted by Gasteiger charge is 2.49. The highest BCUT2D eigenvalue weighted by molar-refractivity contribution is 5.98. The van der Waals surface area contributed by atoms with Gasteiger partial charge in [0.2, 0.25) is 0 Å². The number of unbranched alkanes of at least 4 members (excludes halogenated alkanes) is 11. The average molecular weight is 499 g/mol. The maximum Gasteiger partial charge on any atom is 0.319 e. The first-order valence-corrected chi connectivity index (χ1v) is 13.4. The molecule has 0 aliphatic rings. The summed E-state index contributed by atoms with van der Waals surface area (Å²) in [6, 6.07) is 0. The Morgan fingerprint density at radius 1 is 0.765 bits per heavy atom. The van der Waals surface area contributed by atoms with Gasteiger partial charge in [0.25, 0.3) is 0 Å². The summed E-state index contributed by atoms with van der Waals surface area (Å²) >= 11 is 0. The van der Waals surface area contributed by atoms with E-state index in [1.807, 2.05) is 27.7 Å².